The van der Waals surface area contributed by atoms with Gasteiger partial charge in [-0.3, -0.25) is 0 Å². The van der Waals surface area contributed by atoms with Gasteiger partial charge in [-0.1, -0.05) is 6.42 Å². The lowest BCUT2D eigenvalue weighted by atomic mass is 9.84. The monoisotopic (exact) mass is 335 g/mol. The van der Waals surface area contributed by atoms with Crippen LogP contribution in [0.2, 0.25) is 0 Å². The van der Waals surface area contributed by atoms with Crippen molar-refractivity contribution < 1.29 is 30.7 Å². The lowest BCUT2D eigenvalue weighted by molar-refractivity contribution is -0.167. The van der Waals surface area contributed by atoms with Crippen molar-refractivity contribution in [2.75, 3.05) is 19.5 Å². The fourth-order valence-electron chi connectivity index (χ4n) is 2.49. The van der Waals surface area contributed by atoms with E-state index in [1.165, 1.54) is 0 Å². The van der Waals surface area contributed by atoms with Crippen LogP contribution in [0.4, 0.5) is 17.6 Å². The molecule has 1 fully saturated rings. The molecule has 9 heteroatoms. The molecule has 1 saturated carbocycles. The Morgan fingerprint density at radius 2 is 1.95 bits per heavy atom. The molecule has 126 valence electrons. The summed E-state index contributed by atoms with van der Waals surface area (Å²) in [6.07, 6.45) is -0.338. The number of hydrogen-bond acceptors (Lipinski definition) is 4. The lowest BCUT2D eigenvalue weighted by Crippen LogP contribution is -2.42. The van der Waals surface area contributed by atoms with Gasteiger partial charge >= 0.3 is 12.3 Å². The van der Waals surface area contributed by atoms with E-state index in [0.717, 1.165) is 6.26 Å². The summed E-state index contributed by atoms with van der Waals surface area (Å²) < 4.78 is 76.8. The van der Waals surface area contributed by atoms with Gasteiger partial charge in [-0.2, -0.15) is 8.78 Å². The Morgan fingerprint density at radius 3 is 2.48 bits per heavy atom. The molecular weight excluding hydrogens is 314 g/mol. The molecule has 1 aliphatic rings. The normalized spacial score (nSPS) is 26.0. The van der Waals surface area contributed by atoms with Crippen LogP contribution in [-0.4, -0.2) is 51.5 Å². The number of alkyl halides is 4. The molecule has 2 N–H and O–H groups in total. The first-order chi connectivity index (χ1) is 9.54. The minimum atomic E-state index is -4.19. The van der Waals surface area contributed by atoms with Gasteiger partial charge in [-0.05, 0) is 25.2 Å². The van der Waals surface area contributed by atoms with Gasteiger partial charge in [0.05, 0.1) is 11.9 Å². The highest BCUT2D eigenvalue weighted by molar-refractivity contribution is 7.91. The molecular formula is C12H21F4NO3S. The van der Waals surface area contributed by atoms with E-state index in [2.05, 4.69) is 4.74 Å². The SMILES string of the molecule is CS(=O)(=O)C1CCCC(C(N)COCC(F)(F)C(F)F)C1. The van der Waals surface area contributed by atoms with E-state index in [4.69, 9.17) is 5.73 Å². The minimum absolute atomic E-state index is 0.168. The first-order valence-corrected chi connectivity index (χ1v) is 8.67. The van der Waals surface area contributed by atoms with E-state index in [0.29, 0.717) is 25.7 Å². The van der Waals surface area contributed by atoms with Gasteiger partial charge in [0.2, 0.25) is 0 Å². The first kappa shape index (κ1) is 18.6. The standard InChI is InChI=1S/C12H21F4NO3S/c1-21(18,19)9-4-2-3-8(5-9)10(17)6-20-7-12(15,16)11(13)14/h8-11H,2-7,17H2,1H3. The van der Waals surface area contributed by atoms with Crippen molar-refractivity contribution >= 4 is 9.84 Å². The summed E-state index contributed by atoms with van der Waals surface area (Å²) in [6, 6.07) is -0.636. The molecule has 0 amide bonds. The molecule has 21 heavy (non-hydrogen) atoms. The Hall–Kier alpha value is -0.410. The van der Waals surface area contributed by atoms with Crippen LogP contribution in [0.3, 0.4) is 0 Å². The zero-order chi connectivity index (χ0) is 16.3. The van der Waals surface area contributed by atoms with Crippen LogP contribution in [0.1, 0.15) is 25.7 Å². The maximum absolute atomic E-state index is 12.7. The third-order valence-electron chi connectivity index (χ3n) is 3.80. The summed E-state index contributed by atoms with van der Waals surface area (Å²) in [4.78, 5) is 0. The summed E-state index contributed by atoms with van der Waals surface area (Å²) in [5.74, 6) is -4.36. The second kappa shape index (κ2) is 7.23. The van der Waals surface area contributed by atoms with Gasteiger partial charge in [-0.25, -0.2) is 17.2 Å². The second-order valence-corrected chi connectivity index (χ2v) is 7.94. The molecule has 0 spiro atoms. The van der Waals surface area contributed by atoms with E-state index < -0.39 is 40.1 Å². The lowest BCUT2D eigenvalue weighted by Gasteiger charge is -2.32. The van der Waals surface area contributed by atoms with E-state index in [9.17, 15) is 26.0 Å². The molecule has 0 aromatic rings. The molecule has 0 bridgehead atoms. The fraction of sp³-hybridized carbons (Fsp3) is 1.00. The molecule has 1 rings (SSSR count). The largest absolute Gasteiger partial charge is 0.373 e. The number of halogens is 4. The maximum atomic E-state index is 12.7. The van der Waals surface area contributed by atoms with Crippen molar-refractivity contribution in [1.82, 2.24) is 0 Å². The van der Waals surface area contributed by atoms with Crippen LogP contribution in [0.25, 0.3) is 0 Å². The molecule has 0 aliphatic heterocycles. The quantitative estimate of drug-likeness (QED) is 0.721. The van der Waals surface area contributed by atoms with Gasteiger partial charge in [0.15, 0.2) is 0 Å². The molecule has 0 heterocycles. The highest BCUT2D eigenvalue weighted by Gasteiger charge is 2.41. The van der Waals surface area contributed by atoms with Crippen LogP contribution < -0.4 is 5.73 Å². The number of rotatable bonds is 7. The van der Waals surface area contributed by atoms with Crippen LogP contribution >= 0.6 is 0 Å². The number of ether oxygens (including phenoxy) is 1. The van der Waals surface area contributed by atoms with E-state index >= 15 is 0 Å². The fourth-order valence-corrected chi connectivity index (χ4v) is 3.68. The van der Waals surface area contributed by atoms with Crippen molar-refractivity contribution in [3.63, 3.8) is 0 Å². The summed E-state index contributed by atoms with van der Waals surface area (Å²) in [5, 5.41) is -0.482. The van der Waals surface area contributed by atoms with Gasteiger partial charge in [0.25, 0.3) is 0 Å². The van der Waals surface area contributed by atoms with Gasteiger partial charge in [-0.15, -0.1) is 0 Å². The molecule has 3 unspecified atom stereocenters. The Bertz CT molecular complexity index is 430. The average Bonchev–Trinajstić information content (AvgIpc) is 2.37. The molecule has 0 saturated heterocycles. The van der Waals surface area contributed by atoms with Gasteiger partial charge in [0, 0.05) is 12.3 Å². The Morgan fingerprint density at radius 1 is 1.33 bits per heavy atom. The minimum Gasteiger partial charge on any atom is -0.373 e. The smallest absolute Gasteiger partial charge is 0.330 e. The Labute approximate surface area is 121 Å². The van der Waals surface area contributed by atoms with Crippen molar-refractivity contribution in [1.29, 1.82) is 0 Å². The average molecular weight is 335 g/mol. The first-order valence-electron chi connectivity index (χ1n) is 6.72. The third kappa shape index (κ3) is 5.71. The molecule has 0 aromatic heterocycles. The summed E-state index contributed by atoms with van der Waals surface area (Å²) in [6.45, 7) is -1.68. The summed E-state index contributed by atoms with van der Waals surface area (Å²) >= 11 is 0. The van der Waals surface area contributed by atoms with Crippen LogP contribution in [0.15, 0.2) is 0 Å². The van der Waals surface area contributed by atoms with Crippen molar-refractivity contribution in [3.8, 4) is 0 Å². The van der Waals surface area contributed by atoms with Crippen molar-refractivity contribution in [2.45, 2.75) is 49.3 Å². The molecule has 4 nitrogen and oxygen atoms in total. The molecule has 1 aliphatic carbocycles. The van der Waals surface area contributed by atoms with E-state index in [-0.39, 0.29) is 12.5 Å². The predicted molar refractivity (Wildman–Crippen MR) is 70.3 cm³/mol. The number of nitrogens with two attached hydrogens (primary N) is 1. The van der Waals surface area contributed by atoms with Gasteiger partial charge in [0.1, 0.15) is 16.4 Å². The topological polar surface area (TPSA) is 69.4 Å². The predicted octanol–water partition coefficient (Wildman–Crippen LogP) is 1.83. The number of sulfone groups is 1. The van der Waals surface area contributed by atoms with Crippen LogP contribution in [0.5, 0.6) is 0 Å². The highest BCUT2D eigenvalue weighted by Crippen LogP contribution is 2.30. The third-order valence-corrected chi connectivity index (χ3v) is 5.44. The van der Waals surface area contributed by atoms with E-state index in [1.54, 1.807) is 0 Å². The zero-order valence-electron chi connectivity index (χ0n) is 11.8. The van der Waals surface area contributed by atoms with Crippen LogP contribution in [0, 0.1) is 5.92 Å². The van der Waals surface area contributed by atoms with Crippen molar-refractivity contribution in [2.24, 2.45) is 11.7 Å². The van der Waals surface area contributed by atoms with Gasteiger partial charge < -0.3 is 10.5 Å². The van der Waals surface area contributed by atoms with Crippen molar-refractivity contribution in [3.05, 3.63) is 0 Å². The molecule has 0 radical (unpaired) electrons. The summed E-state index contributed by atoms with van der Waals surface area (Å²) in [7, 11) is -3.16. The van der Waals surface area contributed by atoms with E-state index in [1.807, 2.05) is 0 Å². The highest BCUT2D eigenvalue weighted by atomic mass is 32.2. The second-order valence-electron chi connectivity index (χ2n) is 5.62. The number of hydrogen-bond donors (Lipinski definition) is 1. The Balaban J connectivity index is 2.43. The molecule has 3 atom stereocenters. The summed E-state index contributed by atoms with van der Waals surface area (Å²) in [5.41, 5.74) is 5.81. The maximum Gasteiger partial charge on any atom is 0.330 e. The van der Waals surface area contributed by atoms with Crippen LogP contribution in [-0.2, 0) is 14.6 Å². The zero-order valence-corrected chi connectivity index (χ0v) is 12.6. The Kier molecular flexibility index (Phi) is 6.42. The molecule has 0 aromatic carbocycles.